The van der Waals surface area contributed by atoms with Crippen LogP contribution in [0, 0.1) is 51.2 Å². The molecular formula is C40H59NO2. The summed E-state index contributed by atoms with van der Waals surface area (Å²) in [7, 11) is 0. The maximum absolute atomic E-state index is 11.5. The van der Waals surface area contributed by atoms with Crippen molar-refractivity contribution in [3.8, 4) is 0 Å². The maximum Gasteiger partial charge on any atom is 0.335 e. The van der Waals surface area contributed by atoms with E-state index in [9.17, 15) is 9.90 Å². The van der Waals surface area contributed by atoms with Crippen LogP contribution in [0.15, 0.2) is 43.0 Å². The molecule has 3 heteroatoms. The van der Waals surface area contributed by atoms with Crippen molar-refractivity contribution in [1.82, 2.24) is 5.32 Å². The molecule has 0 saturated heterocycles. The van der Waals surface area contributed by atoms with Gasteiger partial charge >= 0.3 is 5.97 Å². The number of hydrogen-bond donors (Lipinski definition) is 2. The summed E-state index contributed by atoms with van der Waals surface area (Å²) in [6, 6.07) is 7.67. The first-order chi connectivity index (χ1) is 20.4. The Hall–Kier alpha value is -1.87. The van der Waals surface area contributed by atoms with Gasteiger partial charge in [0.1, 0.15) is 0 Å². The smallest absolute Gasteiger partial charge is 0.335 e. The molecule has 0 aliphatic heterocycles. The molecule has 8 atom stereocenters. The normalized spacial score (nSPS) is 42.6. The number of carboxylic acid groups (broad SMARTS) is 1. The lowest BCUT2D eigenvalue weighted by molar-refractivity contribution is -0.217. The minimum absolute atomic E-state index is 0.0801. The van der Waals surface area contributed by atoms with E-state index in [2.05, 4.69) is 52.6 Å². The van der Waals surface area contributed by atoms with Gasteiger partial charge in [0.25, 0.3) is 0 Å². The summed E-state index contributed by atoms with van der Waals surface area (Å²) < 4.78 is 0. The Kier molecular flexibility index (Phi) is 7.88. The number of carboxylic acids is 1. The van der Waals surface area contributed by atoms with Crippen LogP contribution in [0.5, 0.6) is 0 Å². The van der Waals surface area contributed by atoms with Crippen molar-refractivity contribution in [1.29, 1.82) is 0 Å². The Morgan fingerprint density at radius 1 is 0.884 bits per heavy atom. The predicted molar refractivity (Wildman–Crippen MR) is 179 cm³/mol. The quantitative estimate of drug-likeness (QED) is 0.338. The molecule has 0 radical (unpaired) electrons. The number of aromatic carboxylic acids is 1. The zero-order valence-corrected chi connectivity index (χ0v) is 28.1. The van der Waals surface area contributed by atoms with Crippen LogP contribution in [0.3, 0.4) is 0 Å². The van der Waals surface area contributed by atoms with E-state index in [1.165, 1.54) is 88.3 Å². The zero-order chi connectivity index (χ0) is 30.8. The van der Waals surface area contributed by atoms with Crippen LogP contribution in [0.4, 0.5) is 0 Å². The molecule has 6 aliphatic rings. The second-order valence-electron chi connectivity index (χ2n) is 17.0. The lowest BCUT2D eigenvalue weighted by Gasteiger charge is -2.72. The Morgan fingerprint density at radius 3 is 2.23 bits per heavy atom. The molecule has 236 valence electrons. The number of hydrogen-bond acceptors (Lipinski definition) is 2. The number of carbonyl (C=O) groups is 1. The van der Waals surface area contributed by atoms with Crippen molar-refractivity contribution < 1.29 is 9.90 Å². The monoisotopic (exact) mass is 585 g/mol. The van der Waals surface area contributed by atoms with Crippen molar-refractivity contribution in [2.24, 2.45) is 51.2 Å². The van der Waals surface area contributed by atoms with Crippen LogP contribution < -0.4 is 5.32 Å². The van der Waals surface area contributed by atoms with Gasteiger partial charge in [-0.2, -0.15) is 0 Å². The van der Waals surface area contributed by atoms with Gasteiger partial charge in [-0.1, -0.05) is 65.3 Å². The molecule has 7 unspecified atom stereocenters. The average molecular weight is 586 g/mol. The molecule has 0 heterocycles. The highest BCUT2D eigenvalue weighted by Gasteiger charge is 2.69. The van der Waals surface area contributed by atoms with Crippen molar-refractivity contribution in [2.45, 2.75) is 124 Å². The van der Waals surface area contributed by atoms with Crippen LogP contribution in [0.1, 0.15) is 135 Å². The van der Waals surface area contributed by atoms with Crippen LogP contribution in [-0.4, -0.2) is 23.2 Å². The SMILES string of the molecule is C=CC.CC1(C)C(c2ccc(C(=O)O)cc2)=CCC2(C)C1CCC1(C)C2CCC2C3CCCC3(NCC3CC3)CC[C@]21C. The largest absolute Gasteiger partial charge is 0.478 e. The molecule has 43 heavy (non-hydrogen) atoms. The van der Waals surface area contributed by atoms with Gasteiger partial charge in [-0.05, 0) is 159 Å². The van der Waals surface area contributed by atoms with E-state index in [0.717, 1.165) is 30.1 Å². The third-order valence-corrected chi connectivity index (χ3v) is 14.8. The number of nitrogens with one attached hydrogen (secondary N) is 1. The fraction of sp³-hybridized carbons (Fsp3) is 0.725. The highest BCUT2D eigenvalue weighted by molar-refractivity contribution is 5.88. The summed E-state index contributed by atoms with van der Waals surface area (Å²) in [5.41, 5.74) is 4.73. The summed E-state index contributed by atoms with van der Waals surface area (Å²) in [5, 5.41) is 13.7. The Balaban J connectivity index is 0.00000105. The van der Waals surface area contributed by atoms with E-state index in [4.69, 9.17) is 0 Å². The van der Waals surface area contributed by atoms with Gasteiger partial charge in [-0.25, -0.2) is 4.79 Å². The van der Waals surface area contributed by atoms with Crippen molar-refractivity contribution >= 4 is 11.5 Å². The van der Waals surface area contributed by atoms with Gasteiger partial charge in [0, 0.05) is 5.54 Å². The first-order valence-electron chi connectivity index (χ1n) is 17.7. The summed E-state index contributed by atoms with van der Waals surface area (Å²) in [5.74, 6) is 3.33. The third-order valence-electron chi connectivity index (χ3n) is 14.8. The van der Waals surface area contributed by atoms with Crippen LogP contribution in [0.2, 0.25) is 0 Å². The van der Waals surface area contributed by atoms with Crippen LogP contribution >= 0.6 is 0 Å². The number of fused-ring (bicyclic) bond motifs is 7. The first-order valence-corrected chi connectivity index (χ1v) is 17.7. The molecule has 0 aromatic heterocycles. The van der Waals surface area contributed by atoms with Gasteiger partial charge in [0.05, 0.1) is 5.56 Å². The summed E-state index contributed by atoms with van der Waals surface area (Å²) in [6.45, 7) is 19.7. The van der Waals surface area contributed by atoms with E-state index in [-0.39, 0.29) is 5.41 Å². The molecule has 1 aromatic rings. The maximum atomic E-state index is 11.5. The van der Waals surface area contributed by atoms with Gasteiger partial charge in [-0.15, -0.1) is 6.58 Å². The second-order valence-corrected chi connectivity index (χ2v) is 17.0. The van der Waals surface area contributed by atoms with Gasteiger partial charge in [0.2, 0.25) is 0 Å². The third kappa shape index (κ3) is 4.72. The second kappa shape index (κ2) is 10.9. The zero-order valence-electron chi connectivity index (χ0n) is 28.1. The number of rotatable bonds is 5. The minimum atomic E-state index is -0.845. The van der Waals surface area contributed by atoms with E-state index in [0.29, 0.717) is 33.3 Å². The fourth-order valence-corrected chi connectivity index (χ4v) is 12.4. The first kappa shape index (κ1) is 31.1. The summed E-state index contributed by atoms with van der Waals surface area (Å²) in [4.78, 5) is 11.5. The highest BCUT2D eigenvalue weighted by atomic mass is 16.4. The highest BCUT2D eigenvalue weighted by Crippen LogP contribution is 2.76. The van der Waals surface area contributed by atoms with Crippen molar-refractivity contribution in [2.75, 3.05) is 6.54 Å². The van der Waals surface area contributed by atoms with E-state index in [1.54, 1.807) is 18.2 Å². The topological polar surface area (TPSA) is 49.3 Å². The minimum Gasteiger partial charge on any atom is -0.478 e. The van der Waals surface area contributed by atoms with Crippen molar-refractivity contribution in [3.05, 3.63) is 54.1 Å². The average Bonchev–Trinajstić information content (AvgIpc) is 3.70. The lowest BCUT2D eigenvalue weighted by Crippen LogP contribution is -2.67. The lowest BCUT2D eigenvalue weighted by atomic mass is 9.33. The Bertz CT molecular complexity index is 1260. The number of allylic oxidation sites excluding steroid dienone is 3. The number of benzene rings is 1. The molecule has 5 fully saturated rings. The van der Waals surface area contributed by atoms with Crippen LogP contribution in [-0.2, 0) is 0 Å². The van der Waals surface area contributed by atoms with E-state index in [1.807, 2.05) is 19.1 Å². The molecule has 0 spiro atoms. The fourth-order valence-electron chi connectivity index (χ4n) is 12.4. The Morgan fingerprint density at radius 2 is 1.58 bits per heavy atom. The molecule has 1 aromatic carbocycles. The standard InChI is InChI=1S/C37H53NO2.C3H6/c1-33(2)27(25-10-12-26(13-11-25)32(39)40)16-19-34(3)30(33)17-20-36(5)31(34)15-14-28-29-7-6-18-37(29,22-21-35(28,36)4)38-23-24-8-9-24;1-3-2/h10-13,16,24,28-31,38H,6-9,14-15,17-23H2,1-5H3,(H,39,40);3H,1H2,2H3/t28?,29?,30?,31?,34?,35-,36?,37?;/m1./s1. The molecule has 0 bridgehead atoms. The Labute approximate surface area is 262 Å². The molecule has 0 amide bonds. The van der Waals surface area contributed by atoms with Gasteiger partial charge in [0.15, 0.2) is 0 Å². The van der Waals surface area contributed by atoms with E-state index >= 15 is 0 Å². The molecule has 6 aliphatic carbocycles. The molecular weight excluding hydrogens is 526 g/mol. The molecule has 3 nitrogen and oxygen atoms in total. The van der Waals surface area contributed by atoms with Gasteiger partial charge < -0.3 is 10.4 Å². The molecule has 7 rings (SSSR count). The molecule has 5 saturated carbocycles. The predicted octanol–water partition coefficient (Wildman–Crippen LogP) is 10.2. The van der Waals surface area contributed by atoms with E-state index < -0.39 is 5.97 Å². The summed E-state index contributed by atoms with van der Waals surface area (Å²) >= 11 is 0. The van der Waals surface area contributed by atoms with Crippen molar-refractivity contribution in [3.63, 3.8) is 0 Å². The van der Waals surface area contributed by atoms with Crippen LogP contribution in [0.25, 0.3) is 5.57 Å². The van der Waals surface area contributed by atoms with Gasteiger partial charge in [-0.3, -0.25) is 0 Å². The summed E-state index contributed by atoms with van der Waals surface area (Å²) in [6.07, 6.45) is 21.1. The molecule has 2 N–H and O–H groups in total.